The number of carbonyl (C=O) groups excluding carboxylic acids is 1. The number of carbonyl (C=O) groups is 1. The van der Waals surface area contributed by atoms with E-state index in [0.717, 1.165) is 12.7 Å². The third kappa shape index (κ3) is 2.22. The molecule has 84 valence electrons. The average Bonchev–Trinajstić information content (AvgIpc) is 2.86. The van der Waals surface area contributed by atoms with Gasteiger partial charge in [-0.2, -0.15) is 0 Å². The van der Waals surface area contributed by atoms with Crippen LogP contribution < -0.4 is 0 Å². The van der Waals surface area contributed by atoms with Gasteiger partial charge in [-0.25, -0.2) is 4.98 Å². The Morgan fingerprint density at radius 3 is 3.00 bits per heavy atom. The number of aryl methyl sites for hydroxylation is 1. The maximum atomic E-state index is 10.8. The first-order valence-corrected chi connectivity index (χ1v) is 6.04. The third-order valence-corrected chi connectivity index (χ3v) is 3.61. The van der Waals surface area contributed by atoms with E-state index in [1.807, 2.05) is 4.57 Å². The van der Waals surface area contributed by atoms with Crippen LogP contribution in [-0.4, -0.2) is 15.8 Å². The van der Waals surface area contributed by atoms with Crippen LogP contribution in [0.15, 0.2) is 24.7 Å². The van der Waals surface area contributed by atoms with Crippen LogP contribution in [0.1, 0.15) is 33.2 Å². The maximum Gasteiger partial charge on any atom is 0.168 e. The highest BCUT2D eigenvalue weighted by Gasteiger charge is 2.10. The van der Waals surface area contributed by atoms with E-state index in [-0.39, 0.29) is 6.04 Å². The van der Waals surface area contributed by atoms with Crippen molar-refractivity contribution in [1.29, 1.82) is 0 Å². The highest BCUT2D eigenvalue weighted by molar-refractivity contribution is 7.11. The minimum atomic E-state index is 0.265. The number of hydrogen-bond donors (Lipinski definition) is 0. The van der Waals surface area contributed by atoms with E-state index in [9.17, 15) is 4.79 Å². The number of nitrogens with zero attached hydrogens (tertiary/aromatic N) is 2. The van der Waals surface area contributed by atoms with Gasteiger partial charge < -0.3 is 4.57 Å². The standard InChI is InChI=1S/C12H14N2OS/c1-9(5-12-4-3-10(2)16-12)14-8-13-6-11(14)7-15/h3-4,6-9H,5H2,1-2H3. The van der Waals surface area contributed by atoms with Crippen molar-refractivity contribution in [3.8, 4) is 0 Å². The normalized spacial score (nSPS) is 12.6. The zero-order valence-electron chi connectivity index (χ0n) is 9.38. The summed E-state index contributed by atoms with van der Waals surface area (Å²) < 4.78 is 1.92. The van der Waals surface area contributed by atoms with Gasteiger partial charge in [0.25, 0.3) is 0 Å². The smallest absolute Gasteiger partial charge is 0.168 e. The van der Waals surface area contributed by atoms with Gasteiger partial charge >= 0.3 is 0 Å². The van der Waals surface area contributed by atoms with Gasteiger partial charge in [-0.1, -0.05) is 0 Å². The molecule has 0 spiro atoms. The molecule has 3 nitrogen and oxygen atoms in total. The van der Waals surface area contributed by atoms with Crippen LogP contribution in [0.3, 0.4) is 0 Å². The molecule has 0 amide bonds. The molecule has 0 aliphatic rings. The molecule has 0 saturated carbocycles. The fraction of sp³-hybridized carbons (Fsp3) is 0.333. The molecule has 16 heavy (non-hydrogen) atoms. The molecule has 0 bridgehead atoms. The van der Waals surface area contributed by atoms with Gasteiger partial charge in [0.05, 0.1) is 12.5 Å². The number of rotatable bonds is 4. The van der Waals surface area contributed by atoms with Crippen molar-refractivity contribution < 1.29 is 4.79 Å². The molecule has 0 aromatic carbocycles. The van der Waals surface area contributed by atoms with Crippen molar-refractivity contribution in [2.75, 3.05) is 0 Å². The summed E-state index contributed by atoms with van der Waals surface area (Å²) in [5.41, 5.74) is 0.640. The Kier molecular flexibility index (Phi) is 3.19. The van der Waals surface area contributed by atoms with Crippen molar-refractivity contribution in [3.05, 3.63) is 40.1 Å². The summed E-state index contributed by atoms with van der Waals surface area (Å²) in [6.45, 7) is 4.20. The van der Waals surface area contributed by atoms with E-state index < -0.39 is 0 Å². The summed E-state index contributed by atoms with van der Waals surface area (Å²) in [7, 11) is 0. The van der Waals surface area contributed by atoms with Crippen molar-refractivity contribution in [1.82, 2.24) is 9.55 Å². The molecule has 2 rings (SSSR count). The Morgan fingerprint density at radius 1 is 1.56 bits per heavy atom. The molecule has 4 heteroatoms. The first-order chi connectivity index (χ1) is 7.70. The molecule has 0 aliphatic heterocycles. The molecular formula is C12H14N2OS. The molecule has 2 aromatic rings. The van der Waals surface area contributed by atoms with Gasteiger partial charge in [-0.3, -0.25) is 4.79 Å². The average molecular weight is 234 g/mol. The highest BCUT2D eigenvalue weighted by Crippen LogP contribution is 2.21. The van der Waals surface area contributed by atoms with Crippen molar-refractivity contribution >= 4 is 17.6 Å². The zero-order chi connectivity index (χ0) is 11.5. The van der Waals surface area contributed by atoms with Gasteiger partial charge in [-0.05, 0) is 26.0 Å². The number of aromatic nitrogens is 2. The van der Waals surface area contributed by atoms with Crippen LogP contribution >= 0.6 is 11.3 Å². The topological polar surface area (TPSA) is 34.9 Å². The molecule has 0 fully saturated rings. The van der Waals surface area contributed by atoms with Gasteiger partial charge in [0.15, 0.2) is 6.29 Å². The lowest BCUT2D eigenvalue weighted by atomic mass is 10.2. The summed E-state index contributed by atoms with van der Waals surface area (Å²) in [5, 5.41) is 0. The lowest BCUT2D eigenvalue weighted by Crippen LogP contribution is -2.09. The van der Waals surface area contributed by atoms with Gasteiger partial charge in [0.2, 0.25) is 0 Å². The zero-order valence-corrected chi connectivity index (χ0v) is 10.2. The van der Waals surface area contributed by atoms with Crippen molar-refractivity contribution in [2.24, 2.45) is 0 Å². The molecule has 0 aliphatic carbocycles. The Labute approximate surface area is 98.8 Å². The second-order valence-electron chi connectivity index (χ2n) is 3.91. The van der Waals surface area contributed by atoms with Gasteiger partial charge in [-0.15, -0.1) is 11.3 Å². The second-order valence-corrected chi connectivity index (χ2v) is 5.28. The van der Waals surface area contributed by atoms with Crippen LogP contribution in [0, 0.1) is 6.92 Å². The molecular weight excluding hydrogens is 220 g/mol. The predicted molar refractivity (Wildman–Crippen MR) is 65.1 cm³/mol. The Hall–Kier alpha value is -1.42. The Bertz CT molecular complexity index is 487. The van der Waals surface area contributed by atoms with Crippen molar-refractivity contribution in [2.45, 2.75) is 26.3 Å². The fourth-order valence-corrected chi connectivity index (χ4v) is 2.77. The molecule has 1 atom stereocenters. The third-order valence-electron chi connectivity index (χ3n) is 2.58. The number of thiophene rings is 1. The fourth-order valence-electron chi connectivity index (χ4n) is 1.76. The van der Waals surface area contributed by atoms with Crippen LogP contribution in [-0.2, 0) is 6.42 Å². The first-order valence-electron chi connectivity index (χ1n) is 5.23. The molecule has 0 saturated heterocycles. The summed E-state index contributed by atoms with van der Waals surface area (Å²) in [6.07, 6.45) is 5.11. The van der Waals surface area contributed by atoms with Crippen LogP contribution in [0.25, 0.3) is 0 Å². The van der Waals surface area contributed by atoms with E-state index in [1.165, 1.54) is 9.75 Å². The number of imidazole rings is 1. The summed E-state index contributed by atoms with van der Waals surface area (Å²) in [5.74, 6) is 0. The highest BCUT2D eigenvalue weighted by atomic mass is 32.1. The number of aldehydes is 1. The molecule has 0 N–H and O–H groups in total. The van der Waals surface area contributed by atoms with Gasteiger partial charge in [0, 0.05) is 22.2 Å². The van der Waals surface area contributed by atoms with Crippen molar-refractivity contribution in [3.63, 3.8) is 0 Å². The van der Waals surface area contributed by atoms with E-state index >= 15 is 0 Å². The number of hydrogen-bond acceptors (Lipinski definition) is 3. The van der Waals surface area contributed by atoms with Gasteiger partial charge in [0.1, 0.15) is 5.69 Å². The molecule has 2 aromatic heterocycles. The van der Waals surface area contributed by atoms with Crippen LogP contribution in [0.4, 0.5) is 0 Å². The minimum absolute atomic E-state index is 0.265. The minimum Gasteiger partial charge on any atom is -0.325 e. The second kappa shape index (κ2) is 4.61. The summed E-state index contributed by atoms with van der Waals surface area (Å²) in [4.78, 5) is 17.5. The largest absolute Gasteiger partial charge is 0.325 e. The monoisotopic (exact) mass is 234 g/mol. The SMILES string of the molecule is Cc1ccc(CC(C)n2cncc2C=O)s1. The molecule has 2 heterocycles. The first kappa shape index (κ1) is 11.1. The Balaban J connectivity index is 2.14. The van der Waals surface area contributed by atoms with E-state index in [1.54, 1.807) is 23.9 Å². The molecule has 1 unspecified atom stereocenters. The summed E-state index contributed by atoms with van der Waals surface area (Å²) >= 11 is 1.80. The van der Waals surface area contributed by atoms with E-state index in [4.69, 9.17) is 0 Å². The van der Waals surface area contributed by atoms with E-state index in [0.29, 0.717) is 5.69 Å². The maximum absolute atomic E-state index is 10.8. The van der Waals surface area contributed by atoms with Crippen LogP contribution in [0.2, 0.25) is 0 Å². The Morgan fingerprint density at radius 2 is 2.38 bits per heavy atom. The molecule has 0 radical (unpaired) electrons. The summed E-state index contributed by atoms with van der Waals surface area (Å²) in [6, 6.07) is 4.54. The quantitative estimate of drug-likeness (QED) is 0.762. The predicted octanol–water partition coefficient (Wildman–Crippen LogP) is 2.87. The van der Waals surface area contributed by atoms with E-state index in [2.05, 4.69) is 31.0 Å². The lowest BCUT2D eigenvalue weighted by molar-refractivity contribution is 0.111. The lowest BCUT2D eigenvalue weighted by Gasteiger charge is -2.13. The van der Waals surface area contributed by atoms with Crippen LogP contribution in [0.5, 0.6) is 0 Å².